The molecule has 0 bridgehead atoms. The van der Waals surface area contributed by atoms with Crippen molar-refractivity contribution in [1.82, 2.24) is 20.3 Å². The zero-order chi connectivity index (χ0) is 26.6. The fourth-order valence-electron chi connectivity index (χ4n) is 4.85. The van der Waals surface area contributed by atoms with Crippen LogP contribution in [0.5, 0.6) is 0 Å². The number of ether oxygens (including phenoxy) is 1. The number of aryl methyl sites for hydroxylation is 1. The first kappa shape index (κ1) is 26.4. The molecule has 3 N–H and O–H groups in total. The van der Waals surface area contributed by atoms with Crippen molar-refractivity contribution in [1.29, 1.82) is 0 Å². The molecule has 4 rings (SSSR count). The molecule has 1 aliphatic heterocycles. The van der Waals surface area contributed by atoms with Crippen molar-refractivity contribution in [3.8, 4) is 0 Å². The van der Waals surface area contributed by atoms with Crippen molar-refractivity contribution in [3.05, 3.63) is 77.0 Å². The number of carbonyl (C=O) groups excluding carboxylic acids is 2. The average Bonchev–Trinajstić information content (AvgIpc) is 3.20. The number of hydroxylamine groups is 1. The largest absolute Gasteiger partial charge is 0.444 e. The summed E-state index contributed by atoms with van der Waals surface area (Å²) in [7, 11) is 0. The average molecular weight is 505 g/mol. The maximum Gasteiger partial charge on any atom is 0.410 e. The molecule has 196 valence electrons. The third-order valence-corrected chi connectivity index (χ3v) is 6.68. The normalized spacial score (nSPS) is 16.9. The Labute approximate surface area is 217 Å². The number of amides is 2. The summed E-state index contributed by atoms with van der Waals surface area (Å²) in [5, 5.41) is 9.95. The standard InChI is InChI=1S/C29H36N4O4/c1-20-23(24-7-5-6-8-25(24)30-20)15-16-32-17-18-33(28(35)37-29(2,3)4)19-26(32)22-12-9-21(10-13-22)11-14-27(34)31-36/h5-14,26,30,36H,15-19H2,1-4H3,(H,31,34)/b14-11+. The lowest BCUT2D eigenvalue weighted by Gasteiger charge is -2.42. The van der Waals surface area contributed by atoms with E-state index in [-0.39, 0.29) is 12.1 Å². The Bertz CT molecular complexity index is 1270. The molecule has 0 aliphatic carbocycles. The van der Waals surface area contributed by atoms with E-state index in [1.165, 1.54) is 22.7 Å². The van der Waals surface area contributed by atoms with Crippen molar-refractivity contribution < 1.29 is 19.5 Å². The predicted molar refractivity (Wildman–Crippen MR) is 144 cm³/mol. The number of benzene rings is 2. The summed E-state index contributed by atoms with van der Waals surface area (Å²) in [5.74, 6) is -0.580. The number of aromatic nitrogens is 1. The van der Waals surface area contributed by atoms with Crippen LogP contribution in [0.25, 0.3) is 17.0 Å². The molecule has 8 nitrogen and oxygen atoms in total. The van der Waals surface area contributed by atoms with E-state index in [0.29, 0.717) is 13.1 Å². The molecule has 1 atom stereocenters. The summed E-state index contributed by atoms with van der Waals surface area (Å²) < 4.78 is 5.66. The second-order valence-electron chi connectivity index (χ2n) is 10.5. The van der Waals surface area contributed by atoms with E-state index in [1.807, 2.05) is 51.1 Å². The lowest BCUT2D eigenvalue weighted by atomic mass is 9.99. The third kappa shape index (κ3) is 6.58. The predicted octanol–water partition coefficient (Wildman–Crippen LogP) is 4.83. The first-order valence-electron chi connectivity index (χ1n) is 12.6. The summed E-state index contributed by atoms with van der Waals surface area (Å²) in [6.07, 6.45) is 3.52. The van der Waals surface area contributed by atoms with Gasteiger partial charge in [-0.25, -0.2) is 10.3 Å². The Morgan fingerprint density at radius 1 is 1.14 bits per heavy atom. The number of para-hydroxylation sites is 1. The van der Waals surface area contributed by atoms with Gasteiger partial charge >= 0.3 is 6.09 Å². The number of aromatic amines is 1. The Hall–Kier alpha value is -3.62. The zero-order valence-electron chi connectivity index (χ0n) is 22.0. The summed E-state index contributed by atoms with van der Waals surface area (Å²) in [4.78, 5) is 31.9. The molecule has 1 saturated heterocycles. The number of fused-ring (bicyclic) bond motifs is 1. The van der Waals surface area contributed by atoms with Gasteiger partial charge in [-0.2, -0.15) is 0 Å². The first-order chi connectivity index (χ1) is 17.6. The summed E-state index contributed by atoms with van der Waals surface area (Å²) in [6, 6.07) is 16.3. The molecule has 0 radical (unpaired) electrons. The van der Waals surface area contributed by atoms with Crippen LogP contribution in [-0.2, 0) is 16.0 Å². The monoisotopic (exact) mass is 504 g/mol. The SMILES string of the molecule is Cc1[nH]c2ccccc2c1CCN1CCN(C(=O)OC(C)(C)C)CC1c1ccc(/C=C/C(=O)NO)cc1. The van der Waals surface area contributed by atoms with Gasteiger partial charge in [0.05, 0.1) is 6.04 Å². The molecule has 1 fully saturated rings. The highest BCUT2D eigenvalue weighted by atomic mass is 16.6. The second-order valence-corrected chi connectivity index (χ2v) is 10.5. The highest BCUT2D eigenvalue weighted by Crippen LogP contribution is 2.29. The van der Waals surface area contributed by atoms with Gasteiger partial charge in [0.25, 0.3) is 5.91 Å². The number of rotatable bonds is 6. The Balaban J connectivity index is 1.55. The molecule has 0 saturated carbocycles. The van der Waals surface area contributed by atoms with Crippen molar-refractivity contribution in [2.75, 3.05) is 26.2 Å². The number of nitrogens with zero attached hydrogens (tertiary/aromatic N) is 2. The van der Waals surface area contributed by atoms with E-state index in [4.69, 9.17) is 9.94 Å². The van der Waals surface area contributed by atoms with Crippen LogP contribution in [0.3, 0.4) is 0 Å². The minimum absolute atomic E-state index is 0.00514. The highest BCUT2D eigenvalue weighted by molar-refractivity contribution is 5.90. The number of hydrogen-bond donors (Lipinski definition) is 3. The number of piperazine rings is 1. The molecule has 37 heavy (non-hydrogen) atoms. The van der Waals surface area contributed by atoms with E-state index in [1.54, 1.807) is 16.5 Å². The molecule has 8 heteroatoms. The van der Waals surface area contributed by atoms with Crippen LogP contribution >= 0.6 is 0 Å². The van der Waals surface area contributed by atoms with Crippen molar-refractivity contribution in [3.63, 3.8) is 0 Å². The molecular weight excluding hydrogens is 468 g/mol. The number of carbonyl (C=O) groups is 2. The molecular formula is C29H36N4O4. The molecule has 1 aromatic heterocycles. The quantitative estimate of drug-likeness (QED) is 0.254. The fourth-order valence-corrected chi connectivity index (χ4v) is 4.85. The molecule has 2 amide bonds. The number of H-pyrrole nitrogens is 1. The van der Waals surface area contributed by atoms with Crippen LogP contribution in [-0.4, -0.2) is 63.8 Å². The van der Waals surface area contributed by atoms with E-state index in [0.717, 1.165) is 36.2 Å². The van der Waals surface area contributed by atoms with E-state index >= 15 is 0 Å². The molecule has 3 aromatic rings. The topological polar surface area (TPSA) is 97.9 Å². The van der Waals surface area contributed by atoms with Crippen molar-refractivity contribution in [2.45, 2.75) is 45.8 Å². The van der Waals surface area contributed by atoms with Gasteiger partial charge in [-0.1, -0.05) is 42.5 Å². The minimum Gasteiger partial charge on any atom is -0.444 e. The lowest BCUT2D eigenvalue weighted by Crippen LogP contribution is -2.51. The van der Waals surface area contributed by atoms with Gasteiger partial charge in [-0.15, -0.1) is 0 Å². The van der Waals surface area contributed by atoms with Gasteiger partial charge in [0.15, 0.2) is 0 Å². The zero-order valence-corrected chi connectivity index (χ0v) is 22.0. The second kappa shape index (κ2) is 11.2. The van der Waals surface area contributed by atoms with Crippen LogP contribution in [0.1, 0.15) is 49.2 Å². The van der Waals surface area contributed by atoms with Crippen molar-refractivity contribution in [2.24, 2.45) is 0 Å². The maximum absolute atomic E-state index is 12.9. The van der Waals surface area contributed by atoms with Crippen LogP contribution in [0.4, 0.5) is 4.79 Å². The highest BCUT2D eigenvalue weighted by Gasteiger charge is 2.33. The van der Waals surface area contributed by atoms with Gasteiger partial charge < -0.3 is 14.6 Å². The van der Waals surface area contributed by atoms with Gasteiger partial charge in [-0.3, -0.25) is 14.9 Å². The molecule has 2 heterocycles. The third-order valence-electron chi connectivity index (χ3n) is 6.68. The Kier molecular flexibility index (Phi) is 8.00. The van der Waals surface area contributed by atoms with Gasteiger partial charge in [-0.05, 0) is 62.9 Å². The molecule has 0 spiro atoms. The number of hydrogen-bond acceptors (Lipinski definition) is 5. The van der Waals surface area contributed by atoms with Gasteiger partial charge in [0.1, 0.15) is 5.60 Å². The fraction of sp³-hybridized carbons (Fsp3) is 0.379. The van der Waals surface area contributed by atoms with E-state index < -0.39 is 11.5 Å². The first-order valence-corrected chi connectivity index (χ1v) is 12.6. The Morgan fingerprint density at radius 3 is 2.57 bits per heavy atom. The van der Waals surface area contributed by atoms with Gasteiger partial charge in [0, 0.05) is 48.9 Å². The van der Waals surface area contributed by atoms with Crippen LogP contribution in [0.2, 0.25) is 0 Å². The maximum atomic E-state index is 12.9. The lowest BCUT2D eigenvalue weighted by molar-refractivity contribution is -0.124. The smallest absolute Gasteiger partial charge is 0.410 e. The Morgan fingerprint density at radius 2 is 1.86 bits per heavy atom. The summed E-state index contributed by atoms with van der Waals surface area (Å²) >= 11 is 0. The summed E-state index contributed by atoms with van der Waals surface area (Å²) in [5.41, 5.74) is 6.64. The minimum atomic E-state index is -0.580. The van der Waals surface area contributed by atoms with Crippen LogP contribution < -0.4 is 5.48 Å². The van der Waals surface area contributed by atoms with Crippen molar-refractivity contribution >= 4 is 29.0 Å². The molecule has 1 aliphatic rings. The molecule has 1 unspecified atom stereocenters. The summed E-state index contributed by atoms with van der Waals surface area (Å²) in [6.45, 7) is 10.5. The van der Waals surface area contributed by atoms with Crippen LogP contribution in [0.15, 0.2) is 54.6 Å². The van der Waals surface area contributed by atoms with E-state index in [9.17, 15) is 9.59 Å². The number of nitrogens with one attached hydrogen (secondary N) is 2. The molecule has 2 aromatic carbocycles. The van der Waals surface area contributed by atoms with E-state index in [2.05, 4.69) is 35.0 Å². The van der Waals surface area contributed by atoms with Gasteiger partial charge in [0.2, 0.25) is 0 Å². The van der Waals surface area contributed by atoms with Crippen LogP contribution in [0, 0.1) is 6.92 Å².